The highest BCUT2D eigenvalue weighted by Gasteiger charge is 2.29. The first kappa shape index (κ1) is 11.7. The van der Waals surface area contributed by atoms with E-state index in [-0.39, 0.29) is 0 Å². The van der Waals surface area contributed by atoms with Crippen molar-refractivity contribution in [1.29, 1.82) is 0 Å². The molecule has 0 bridgehead atoms. The van der Waals surface area contributed by atoms with Gasteiger partial charge in [0.25, 0.3) is 0 Å². The van der Waals surface area contributed by atoms with Crippen LogP contribution in [0.5, 0.6) is 0 Å². The van der Waals surface area contributed by atoms with Crippen LogP contribution in [-0.2, 0) is 13.1 Å². The largest absolute Gasteiger partial charge is 0.340 e. The minimum atomic E-state index is 0.504. The van der Waals surface area contributed by atoms with Crippen LogP contribution in [-0.4, -0.2) is 14.7 Å². The predicted molar refractivity (Wildman–Crippen MR) is 75.2 cm³/mol. The Morgan fingerprint density at radius 2 is 2.20 bits per heavy atom. The first-order chi connectivity index (χ1) is 9.83. The molecule has 102 valence electrons. The Bertz CT molecular complexity index is 754. The Kier molecular flexibility index (Phi) is 2.60. The number of fused-ring (bicyclic) bond motifs is 1. The molecule has 1 aliphatic carbocycles. The summed E-state index contributed by atoms with van der Waals surface area (Å²) >= 11 is 0. The lowest BCUT2D eigenvalue weighted by molar-refractivity contribution is 0.373. The Balaban J connectivity index is 1.63. The van der Waals surface area contributed by atoms with Crippen LogP contribution in [0.2, 0.25) is 0 Å². The van der Waals surface area contributed by atoms with Crippen LogP contribution in [0.1, 0.15) is 36.0 Å². The number of nitrogens with zero attached hydrogens (tertiary/aromatic N) is 3. The monoisotopic (exact) mass is 268 g/mol. The van der Waals surface area contributed by atoms with E-state index in [1.165, 1.54) is 23.7 Å². The van der Waals surface area contributed by atoms with E-state index in [4.69, 9.17) is 10.3 Å². The molecule has 20 heavy (non-hydrogen) atoms. The van der Waals surface area contributed by atoms with Crippen LogP contribution in [0.25, 0.3) is 10.9 Å². The van der Waals surface area contributed by atoms with Crippen molar-refractivity contribution in [2.24, 2.45) is 5.73 Å². The highest BCUT2D eigenvalue weighted by Crippen LogP contribution is 2.38. The summed E-state index contributed by atoms with van der Waals surface area (Å²) in [5, 5.41) is 5.26. The van der Waals surface area contributed by atoms with E-state index in [0.717, 1.165) is 17.3 Å². The van der Waals surface area contributed by atoms with E-state index in [1.807, 2.05) is 0 Å². The van der Waals surface area contributed by atoms with Crippen molar-refractivity contribution in [3.8, 4) is 0 Å². The van der Waals surface area contributed by atoms with E-state index >= 15 is 0 Å². The number of hydrogen-bond donors (Lipinski definition) is 1. The second-order valence-electron chi connectivity index (χ2n) is 5.36. The maximum absolute atomic E-state index is 5.67. The van der Waals surface area contributed by atoms with Crippen molar-refractivity contribution in [1.82, 2.24) is 14.7 Å². The summed E-state index contributed by atoms with van der Waals surface area (Å²) in [4.78, 5) is 4.47. The van der Waals surface area contributed by atoms with Gasteiger partial charge < -0.3 is 14.8 Å². The molecule has 4 rings (SSSR count). The Morgan fingerprint density at radius 3 is 3.00 bits per heavy atom. The molecular weight excluding hydrogens is 252 g/mol. The lowest BCUT2D eigenvalue weighted by Crippen LogP contribution is -2.00. The molecule has 0 radical (unpaired) electrons. The van der Waals surface area contributed by atoms with Gasteiger partial charge in [-0.25, -0.2) is 0 Å². The van der Waals surface area contributed by atoms with Crippen LogP contribution in [0, 0.1) is 0 Å². The summed E-state index contributed by atoms with van der Waals surface area (Å²) in [5.74, 6) is 2.04. The van der Waals surface area contributed by atoms with Gasteiger partial charge in [0.1, 0.15) is 0 Å². The summed E-state index contributed by atoms with van der Waals surface area (Å²) in [6.45, 7) is 1.21. The maximum Gasteiger partial charge on any atom is 0.229 e. The van der Waals surface area contributed by atoms with Gasteiger partial charge in [0.05, 0.1) is 6.54 Å². The van der Waals surface area contributed by atoms with E-state index in [1.54, 1.807) is 0 Å². The van der Waals surface area contributed by atoms with E-state index < -0.39 is 0 Å². The van der Waals surface area contributed by atoms with Crippen molar-refractivity contribution in [3.05, 3.63) is 47.7 Å². The zero-order chi connectivity index (χ0) is 13.5. The first-order valence-corrected chi connectivity index (χ1v) is 6.94. The molecule has 1 aliphatic rings. The van der Waals surface area contributed by atoms with Gasteiger partial charge in [-0.2, -0.15) is 4.98 Å². The second-order valence-corrected chi connectivity index (χ2v) is 5.36. The van der Waals surface area contributed by atoms with Gasteiger partial charge in [0.15, 0.2) is 5.82 Å². The molecule has 1 aromatic carbocycles. The molecule has 3 aromatic rings. The first-order valence-electron chi connectivity index (χ1n) is 6.94. The van der Waals surface area contributed by atoms with Gasteiger partial charge >= 0.3 is 0 Å². The van der Waals surface area contributed by atoms with E-state index in [9.17, 15) is 0 Å². The fourth-order valence-electron chi connectivity index (χ4n) is 2.49. The highest BCUT2D eigenvalue weighted by atomic mass is 16.5. The van der Waals surface area contributed by atoms with Crippen molar-refractivity contribution in [2.75, 3.05) is 0 Å². The fourth-order valence-corrected chi connectivity index (χ4v) is 2.49. The van der Waals surface area contributed by atoms with Crippen LogP contribution < -0.4 is 5.73 Å². The van der Waals surface area contributed by atoms with Gasteiger partial charge in [0.2, 0.25) is 5.89 Å². The number of hydrogen-bond acceptors (Lipinski definition) is 4. The molecule has 0 amide bonds. The number of aromatic nitrogens is 3. The third kappa shape index (κ3) is 2.00. The van der Waals surface area contributed by atoms with Crippen LogP contribution >= 0.6 is 0 Å². The molecule has 1 fully saturated rings. The minimum Gasteiger partial charge on any atom is -0.340 e. The summed E-state index contributed by atoms with van der Waals surface area (Å²) in [6, 6.07) is 8.37. The van der Waals surface area contributed by atoms with Crippen molar-refractivity contribution >= 4 is 10.9 Å². The second kappa shape index (κ2) is 4.45. The van der Waals surface area contributed by atoms with Crippen molar-refractivity contribution in [3.63, 3.8) is 0 Å². The number of benzene rings is 1. The van der Waals surface area contributed by atoms with E-state index in [0.29, 0.717) is 19.0 Å². The van der Waals surface area contributed by atoms with Gasteiger partial charge in [-0.1, -0.05) is 11.2 Å². The van der Waals surface area contributed by atoms with E-state index in [2.05, 4.69) is 45.2 Å². The van der Waals surface area contributed by atoms with Crippen LogP contribution in [0.3, 0.4) is 0 Å². The van der Waals surface area contributed by atoms with Gasteiger partial charge in [-0.3, -0.25) is 0 Å². The average Bonchev–Trinajstić information content (AvgIpc) is 3.10. The molecule has 0 spiro atoms. The fraction of sp³-hybridized carbons (Fsp3) is 0.333. The number of rotatable bonds is 4. The molecule has 0 aliphatic heterocycles. The third-order valence-electron chi connectivity index (χ3n) is 3.79. The van der Waals surface area contributed by atoms with Gasteiger partial charge in [0, 0.05) is 24.2 Å². The topological polar surface area (TPSA) is 69.9 Å². The molecule has 0 atom stereocenters. The van der Waals surface area contributed by atoms with Gasteiger partial charge in [-0.05, 0) is 42.0 Å². The number of nitrogens with two attached hydrogens (primary N) is 1. The Labute approximate surface area is 116 Å². The van der Waals surface area contributed by atoms with Crippen LogP contribution in [0.15, 0.2) is 35.0 Å². The Morgan fingerprint density at radius 1 is 1.30 bits per heavy atom. The zero-order valence-corrected chi connectivity index (χ0v) is 11.1. The smallest absolute Gasteiger partial charge is 0.229 e. The van der Waals surface area contributed by atoms with Crippen molar-refractivity contribution < 1.29 is 4.52 Å². The average molecular weight is 268 g/mol. The van der Waals surface area contributed by atoms with Crippen LogP contribution in [0.4, 0.5) is 0 Å². The Hall–Kier alpha value is -2.14. The quantitative estimate of drug-likeness (QED) is 0.788. The molecule has 5 nitrogen and oxygen atoms in total. The molecule has 2 aromatic heterocycles. The SMILES string of the molecule is NCc1ccc2c(ccn2Cc2noc(C3CC3)n2)c1. The van der Waals surface area contributed by atoms with Crippen molar-refractivity contribution in [2.45, 2.75) is 31.8 Å². The molecule has 2 N–H and O–H groups in total. The summed E-state index contributed by atoms with van der Waals surface area (Å²) in [5.41, 5.74) is 7.98. The lowest BCUT2D eigenvalue weighted by atomic mass is 10.1. The van der Waals surface area contributed by atoms with Gasteiger partial charge in [-0.15, -0.1) is 0 Å². The summed E-state index contributed by atoms with van der Waals surface area (Å²) < 4.78 is 7.43. The third-order valence-corrected chi connectivity index (χ3v) is 3.79. The normalized spacial score (nSPS) is 15.1. The molecule has 0 unspecified atom stereocenters. The predicted octanol–water partition coefficient (Wildman–Crippen LogP) is 2.41. The lowest BCUT2D eigenvalue weighted by Gasteiger charge is -2.02. The molecule has 1 saturated carbocycles. The maximum atomic E-state index is 5.67. The summed E-state index contributed by atoms with van der Waals surface area (Å²) in [7, 11) is 0. The minimum absolute atomic E-state index is 0.504. The molecule has 0 saturated heterocycles. The summed E-state index contributed by atoms with van der Waals surface area (Å²) in [6.07, 6.45) is 4.41. The zero-order valence-electron chi connectivity index (χ0n) is 11.1. The molecule has 2 heterocycles. The molecular formula is C15H16N4O. The molecule has 5 heteroatoms. The highest BCUT2D eigenvalue weighted by molar-refractivity contribution is 5.80. The standard InChI is InChI=1S/C15H16N4O/c16-8-10-1-4-13-12(7-10)5-6-19(13)9-14-17-15(20-18-14)11-2-3-11/h1,4-7,11H,2-3,8-9,16H2.